The van der Waals surface area contributed by atoms with Gasteiger partial charge in [-0.25, -0.2) is 0 Å². The lowest BCUT2D eigenvalue weighted by Crippen LogP contribution is -1.89. The molecule has 0 saturated carbocycles. The Bertz CT molecular complexity index is 134. The van der Waals surface area contributed by atoms with Crippen LogP contribution in [0.15, 0.2) is 24.3 Å². The first-order valence-electron chi connectivity index (χ1n) is 4.11. The monoisotopic (exact) mass is 216 g/mol. The summed E-state index contributed by atoms with van der Waals surface area (Å²) in [5.41, 5.74) is 1.24. The fourth-order valence-corrected chi connectivity index (χ4v) is 1.25. The molecule has 0 rings (SSSR count). The Morgan fingerprint density at radius 1 is 1.64 bits per heavy atom. The van der Waals surface area contributed by atoms with Crippen molar-refractivity contribution >= 4 is 15.9 Å². The normalized spacial score (nSPS) is 13.7. The number of hydrogen-bond donors (Lipinski definition) is 0. The Hall–Kier alpha value is -0.0400. The maximum absolute atomic E-state index is 3.94. The van der Waals surface area contributed by atoms with Crippen LogP contribution >= 0.6 is 15.9 Å². The fraction of sp³-hybridized carbons (Fsp3) is 0.600. The maximum Gasteiger partial charge on any atom is 0.0117 e. The fourth-order valence-electron chi connectivity index (χ4n) is 0.929. The van der Waals surface area contributed by atoms with Crippen LogP contribution in [-0.4, -0.2) is 4.83 Å². The van der Waals surface area contributed by atoms with E-state index >= 15 is 0 Å². The summed E-state index contributed by atoms with van der Waals surface area (Å²) in [6.07, 6.45) is 7.71. The maximum atomic E-state index is 3.94. The molecular weight excluding hydrogens is 200 g/mol. The van der Waals surface area contributed by atoms with Crippen LogP contribution in [-0.2, 0) is 0 Å². The van der Waals surface area contributed by atoms with Gasteiger partial charge in [-0.15, -0.1) is 0 Å². The molecule has 1 heteroatoms. The van der Waals surface area contributed by atoms with Crippen LogP contribution in [0.1, 0.15) is 33.1 Å². The molecule has 0 bridgehead atoms. The highest BCUT2D eigenvalue weighted by Gasteiger charge is 1.95. The molecule has 1 atom stereocenters. The van der Waals surface area contributed by atoms with Crippen molar-refractivity contribution in [3.63, 3.8) is 0 Å². The molecule has 0 aliphatic heterocycles. The standard InChI is InChI=1S/C10H17Br/c1-4-6-9(2)7-5-8-10(3)11/h4,6,10H,2,5,7-8H2,1,3H3/b6-4-. The van der Waals surface area contributed by atoms with Crippen molar-refractivity contribution in [2.45, 2.75) is 37.9 Å². The van der Waals surface area contributed by atoms with Gasteiger partial charge in [0.15, 0.2) is 0 Å². The van der Waals surface area contributed by atoms with Crippen molar-refractivity contribution in [2.24, 2.45) is 0 Å². The van der Waals surface area contributed by atoms with Gasteiger partial charge in [-0.2, -0.15) is 0 Å². The van der Waals surface area contributed by atoms with Crippen LogP contribution in [0, 0.1) is 0 Å². The summed E-state index contributed by atoms with van der Waals surface area (Å²) in [7, 11) is 0. The van der Waals surface area contributed by atoms with Crippen LogP contribution in [0.2, 0.25) is 0 Å². The number of halogens is 1. The van der Waals surface area contributed by atoms with Gasteiger partial charge in [-0.05, 0) is 26.2 Å². The van der Waals surface area contributed by atoms with Gasteiger partial charge in [0.05, 0.1) is 0 Å². The number of rotatable bonds is 5. The third-order valence-corrected chi connectivity index (χ3v) is 1.96. The van der Waals surface area contributed by atoms with E-state index in [4.69, 9.17) is 0 Å². The van der Waals surface area contributed by atoms with Crippen LogP contribution in [0.3, 0.4) is 0 Å². The highest BCUT2D eigenvalue weighted by molar-refractivity contribution is 9.09. The number of allylic oxidation sites excluding steroid dienone is 3. The van der Waals surface area contributed by atoms with Crippen LogP contribution < -0.4 is 0 Å². The van der Waals surface area contributed by atoms with Gasteiger partial charge >= 0.3 is 0 Å². The molecule has 0 aliphatic carbocycles. The van der Waals surface area contributed by atoms with E-state index in [9.17, 15) is 0 Å². The Labute approximate surface area is 78.5 Å². The first-order chi connectivity index (χ1) is 5.16. The molecule has 0 aliphatic rings. The molecule has 0 saturated heterocycles. The molecule has 1 unspecified atom stereocenters. The van der Waals surface area contributed by atoms with Gasteiger partial charge in [-0.1, -0.05) is 47.2 Å². The second-order valence-corrected chi connectivity index (χ2v) is 4.39. The zero-order valence-electron chi connectivity index (χ0n) is 7.44. The van der Waals surface area contributed by atoms with Crippen molar-refractivity contribution in [2.75, 3.05) is 0 Å². The van der Waals surface area contributed by atoms with Gasteiger partial charge in [-0.3, -0.25) is 0 Å². The molecule has 0 aromatic rings. The van der Waals surface area contributed by atoms with E-state index in [-0.39, 0.29) is 0 Å². The highest BCUT2D eigenvalue weighted by Crippen LogP contribution is 2.12. The molecule has 0 amide bonds. The lowest BCUT2D eigenvalue weighted by molar-refractivity contribution is 0.739. The van der Waals surface area contributed by atoms with Crippen molar-refractivity contribution in [3.05, 3.63) is 24.3 Å². The number of alkyl halides is 1. The minimum Gasteiger partial charge on any atom is -0.0958 e. The quantitative estimate of drug-likeness (QED) is 0.481. The lowest BCUT2D eigenvalue weighted by Gasteiger charge is -2.02. The zero-order valence-corrected chi connectivity index (χ0v) is 9.02. The second-order valence-electron chi connectivity index (χ2n) is 2.83. The molecule has 11 heavy (non-hydrogen) atoms. The van der Waals surface area contributed by atoms with Crippen molar-refractivity contribution < 1.29 is 0 Å². The largest absolute Gasteiger partial charge is 0.0958 e. The lowest BCUT2D eigenvalue weighted by atomic mass is 10.1. The molecular formula is C10H17Br. The summed E-state index contributed by atoms with van der Waals surface area (Å²) in [5.74, 6) is 0. The van der Waals surface area contributed by atoms with Gasteiger partial charge in [0.25, 0.3) is 0 Å². The van der Waals surface area contributed by atoms with Crippen molar-refractivity contribution in [1.29, 1.82) is 0 Å². The van der Waals surface area contributed by atoms with Crippen LogP contribution in [0.4, 0.5) is 0 Å². The van der Waals surface area contributed by atoms with E-state index in [1.165, 1.54) is 18.4 Å². The Morgan fingerprint density at radius 3 is 2.73 bits per heavy atom. The first kappa shape index (κ1) is 11.0. The molecule has 0 nitrogen and oxygen atoms in total. The van der Waals surface area contributed by atoms with Crippen LogP contribution in [0.25, 0.3) is 0 Å². The Morgan fingerprint density at radius 2 is 2.27 bits per heavy atom. The third kappa shape index (κ3) is 7.86. The van der Waals surface area contributed by atoms with E-state index in [1.807, 2.05) is 13.0 Å². The predicted octanol–water partition coefficient (Wildman–Crippen LogP) is 4.07. The van der Waals surface area contributed by atoms with Gasteiger partial charge in [0.1, 0.15) is 0 Å². The van der Waals surface area contributed by atoms with E-state index in [1.54, 1.807) is 0 Å². The van der Waals surface area contributed by atoms with E-state index in [0.717, 1.165) is 6.42 Å². The van der Waals surface area contributed by atoms with E-state index in [2.05, 4.69) is 35.5 Å². The highest BCUT2D eigenvalue weighted by atomic mass is 79.9. The number of hydrogen-bond acceptors (Lipinski definition) is 0. The average molecular weight is 217 g/mol. The van der Waals surface area contributed by atoms with Crippen molar-refractivity contribution in [1.82, 2.24) is 0 Å². The topological polar surface area (TPSA) is 0 Å². The van der Waals surface area contributed by atoms with Gasteiger partial charge < -0.3 is 0 Å². The first-order valence-corrected chi connectivity index (χ1v) is 5.03. The SMILES string of the molecule is C=C(/C=C\C)CCCC(C)Br. The zero-order chi connectivity index (χ0) is 8.69. The minimum absolute atomic E-state index is 0.640. The second kappa shape index (κ2) is 6.66. The molecule has 0 heterocycles. The summed E-state index contributed by atoms with van der Waals surface area (Å²) in [4.78, 5) is 0.640. The average Bonchev–Trinajstić information content (AvgIpc) is 1.87. The molecule has 0 N–H and O–H groups in total. The molecule has 64 valence electrons. The summed E-state index contributed by atoms with van der Waals surface area (Å²) in [5, 5.41) is 0. The molecule has 0 aromatic carbocycles. The minimum atomic E-state index is 0.640. The summed E-state index contributed by atoms with van der Waals surface area (Å²) >= 11 is 3.52. The summed E-state index contributed by atoms with van der Waals surface area (Å²) in [6.45, 7) is 8.14. The molecule has 0 fully saturated rings. The Balaban J connectivity index is 3.32. The smallest absolute Gasteiger partial charge is 0.0117 e. The van der Waals surface area contributed by atoms with Crippen molar-refractivity contribution in [3.8, 4) is 0 Å². The summed E-state index contributed by atoms with van der Waals surface area (Å²) in [6, 6.07) is 0. The summed E-state index contributed by atoms with van der Waals surface area (Å²) < 4.78 is 0. The predicted molar refractivity (Wildman–Crippen MR) is 56.2 cm³/mol. The Kier molecular flexibility index (Phi) is 6.63. The molecule has 0 radical (unpaired) electrons. The third-order valence-electron chi connectivity index (χ3n) is 1.50. The molecule has 0 aromatic heterocycles. The van der Waals surface area contributed by atoms with Gasteiger partial charge in [0, 0.05) is 4.83 Å². The van der Waals surface area contributed by atoms with Gasteiger partial charge in [0.2, 0.25) is 0 Å². The van der Waals surface area contributed by atoms with E-state index in [0.29, 0.717) is 4.83 Å². The molecule has 0 spiro atoms. The van der Waals surface area contributed by atoms with E-state index < -0.39 is 0 Å². The van der Waals surface area contributed by atoms with Crippen LogP contribution in [0.5, 0.6) is 0 Å².